The molecule has 0 spiro atoms. The van der Waals surface area contributed by atoms with Gasteiger partial charge in [0, 0.05) is 18.7 Å². The third-order valence-corrected chi connectivity index (χ3v) is 5.93. The molecule has 13 heteroatoms. The molecule has 0 amide bonds. The lowest BCUT2D eigenvalue weighted by Crippen LogP contribution is -2.30. The Morgan fingerprint density at radius 2 is 0.967 bits per heavy atom. The minimum atomic E-state index is -3.81. The highest BCUT2D eigenvalue weighted by Gasteiger charge is 2.13. The van der Waals surface area contributed by atoms with Crippen LogP contribution in [0.1, 0.15) is 77.0 Å². The lowest BCUT2D eigenvalue weighted by atomic mass is 10.1. The van der Waals surface area contributed by atoms with Crippen LogP contribution in [0, 0.1) is 0 Å². The van der Waals surface area contributed by atoms with Gasteiger partial charge in [-0.2, -0.15) is 0 Å². The van der Waals surface area contributed by atoms with Crippen molar-refractivity contribution in [3.63, 3.8) is 0 Å². The maximum atomic E-state index is 10.6. The normalized spacial score (nSPS) is 12.7. The zero-order valence-electron chi connectivity index (χ0n) is 17.3. The van der Waals surface area contributed by atoms with Crippen LogP contribution in [0.2, 0.25) is 0 Å². The van der Waals surface area contributed by atoms with Crippen molar-refractivity contribution in [2.45, 2.75) is 83.1 Å². The summed E-state index contributed by atoms with van der Waals surface area (Å²) in [4.78, 5) is 54.6. The van der Waals surface area contributed by atoms with Gasteiger partial charge in [0.05, 0.1) is 0 Å². The Labute approximate surface area is 177 Å². The summed E-state index contributed by atoms with van der Waals surface area (Å²) in [5.74, 6) is -2.20. The van der Waals surface area contributed by atoms with Crippen molar-refractivity contribution in [1.82, 2.24) is 0 Å². The lowest BCUT2D eigenvalue weighted by molar-refractivity contribution is -0.139. The van der Waals surface area contributed by atoms with Crippen molar-refractivity contribution in [1.29, 1.82) is 0 Å². The van der Waals surface area contributed by atoms with E-state index in [0.29, 0.717) is 12.8 Å². The second kappa shape index (κ2) is 17.8. The van der Waals surface area contributed by atoms with Gasteiger partial charge < -0.3 is 35.5 Å². The molecule has 0 saturated carbocycles. The molecule has 30 heavy (non-hydrogen) atoms. The van der Waals surface area contributed by atoms with Crippen molar-refractivity contribution >= 4 is 27.1 Å². The molecule has 0 fully saturated rings. The van der Waals surface area contributed by atoms with Crippen molar-refractivity contribution < 1.29 is 48.5 Å². The topological polar surface area (TPSA) is 216 Å². The van der Waals surface area contributed by atoms with Crippen LogP contribution in [0.3, 0.4) is 0 Å². The molecule has 0 saturated heterocycles. The Kier molecular flexibility index (Phi) is 18.7. The number of carboxylic acids is 2. The van der Waals surface area contributed by atoms with Crippen LogP contribution in [-0.2, 0) is 18.7 Å². The van der Waals surface area contributed by atoms with Crippen molar-refractivity contribution in [3.8, 4) is 0 Å². The summed E-state index contributed by atoms with van der Waals surface area (Å²) in [5, 5.41) is 16.3. The third-order valence-electron chi connectivity index (χ3n) is 4.14. The van der Waals surface area contributed by atoms with Gasteiger partial charge in [0.25, 0.3) is 0 Å². The first kappa shape index (κ1) is 31.4. The summed E-state index contributed by atoms with van der Waals surface area (Å²) in [6.45, 7) is 0. The predicted octanol–water partition coefficient (Wildman–Crippen LogP) is 2.51. The maximum Gasteiger partial charge on any atom is 0.325 e. The Morgan fingerprint density at radius 3 is 1.20 bits per heavy atom. The molecule has 0 rings (SSSR count). The van der Waals surface area contributed by atoms with Gasteiger partial charge in [-0.1, -0.05) is 51.4 Å². The molecular formula is C17H37NO10P2. The van der Waals surface area contributed by atoms with Crippen LogP contribution in [0.4, 0.5) is 0 Å². The molecule has 0 aliphatic carbocycles. The average Bonchev–Trinajstić information content (AvgIpc) is 2.59. The minimum Gasteiger partial charge on any atom is -0.481 e. The molecule has 0 aliphatic heterocycles. The number of hydrogen-bond donors (Lipinski definition) is 7. The van der Waals surface area contributed by atoms with Gasteiger partial charge in [0.1, 0.15) is 6.04 Å². The van der Waals surface area contributed by atoms with E-state index in [-0.39, 0.29) is 25.2 Å². The quantitative estimate of drug-likeness (QED) is 0.119. The third kappa shape index (κ3) is 29.4. The maximum absolute atomic E-state index is 10.6. The highest BCUT2D eigenvalue weighted by atomic mass is 31.2. The zero-order valence-corrected chi connectivity index (χ0v) is 19.1. The Balaban J connectivity index is 0. The summed E-state index contributed by atoms with van der Waals surface area (Å²) in [7, 11) is -7.62. The molecule has 0 heterocycles. The van der Waals surface area contributed by atoms with E-state index in [2.05, 4.69) is 0 Å². The number of aliphatic carboxylic acids is 2. The molecule has 0 aromatic heterocycles. The number of carboxylic acid groups (broad SMARTS) is 2. The molecule has 0 aliphatic rings. The fraction of sp³-hybridized carbons (Fsp3) is 0.882. The molecule has 0 bridgehead atoms. The van der Waals surface area contributed by atoms with Crippen LogP contribution in [0.25, 0.3) is 0 Å². The van der Waals surface area contributed by atoms with Gasteiger partial charge in [-0.15, -0.1) is 0 Å². The largest absolute Gasteiger partial charge is 0.481 e. The number of carbonyl (C=O) groups is 2. The van der Waals surface area contributed by atoms with E-state index < -0.39 is 33.2 Å². The standard InChI is InChI=1S/C12H28O6P2.C5H9NO4/c13-19(14,15)11-9-7-5-3-1-2-4-6-8-10-12-20(16,17)18;6-3(5(9)10)1-2-4(7)8/h1-12H2,(H2,13,14,15)(H2,16,17,18);3H,1-2,6H2,(H,7,8)(H,9,10)/t;3-/m.0/s1. The summed E-state index contributed by atoms with van der Waals surface area (Å²) < 4.78 is 21.2. The summed E-state index contributed by atoms with van der Waals surface area (Å²) in [6, 6.07) is -1.06. The van der Waals surface area contributed by atoms with Crippen LogP contribution in [-0.4, -0.2) is 60.1 Å². The summed E-state index contributed by atoms with van der Waals surface area (Å²) in [6.07, 6.45) is 9.11. The van der Waals surface area contributed by atoms with E-state index in [9.17, 15) is 18.7 Å². The predicted molar refractivity (Wildman–Crippen MR) is 112 cm³/mol. The highest BCUT2D eigenvalue weighted by molar-refractivity contribution is 7.52. The summed E-state index contributed by atoms with van der Waals surface area (Å²) >= 11 is 0. The summed E-state index contributed by atoms with van der Waals surface area (Å²) in [5.41, 5.74) is 5.00. The first-order chi connectivity index (χ1) is 13.7. The number of nitrogens with two attached hydrogens (primary N) is 1. The van der Waals surface area contributed by atoms with Crippen molar-refractivity contribution in [2.24, 2.45) is 5.73 Å². The zero-order chi connectivity index (χ0) is 23.6. The van der Waals surface area contributed by atoms with Crippen molar-refractivity contribution in [2.75, 3.05) is 12.3 Å². The van der Waals surface area contributed by atoms with E-state index in [0.717, 1.165) is 51.4 Å². The fourth-order valence-electron chi connectivity index (χ4n) is 2.45. The number of unbranched alkanes of at least 4 members (excludes halogenated alkanes) is 9. The van der Waals surface area contributed by atoms with Crippen LogP contribution in [0.15, 0.2) is 0 Å². The molecule has 0 aromatic carbocycles. The Bertz CT molecular complexity index is 529. The second-order valence-corrected chi connectivity index (χ2v) is 10.7. The molecule has 1 atom stereocenters. The minimum absolute atomic E-state index is 0.00737. The van der Waals surface area contributed by atoms with E-state index in [1.165, 1.54) is 0 Å². The lowest BCUT2D eigenvalue weighted by Gasteiger charge is -2.05. The number of hydrogen-bond acceptors (Lipinski definition) is 5. The van der Waals surface area contributed by atoms with Crippen LogP contribution >= 0.6 is 15.2 Å². The average molecular weight is 477 g/mol. The van der Waals surface area contributed by atoms with Crippen LogP contribution < -0.4 is 5.73 Å². The smallest absolute Gasteiger partial charge is 0.325 e. The van der Waals surface area contributed by atoms with Gasteiger partial charge in [-0.25, -0.2) is 0 Å². The van der Waals surface area contributed by atoms with E-state index >= 15 is 0 Å². The molecule has 0 unspecified atom stereocenters. The second-order valence-electron chi connectivity index (χ2n) is 7.19. The Hall–Kier alpha value is -0.800. The van der Waals surface area contributed by atoms with Gasteiger partial charge in [-0.3, -0.25) is 18.7 Å². The SMILES string of the molecule is N[C@@H](CCC(=O)O)C(=O)O.O=P(O)(O)CCCCCCCCCCCCP(=O)(O)O. The van der Waals surface area contributed by atoms with Gasteiger partial charge in [0.2, 0.25) is 0 Å². The monoisotopic (exact) mass is 477 g/mol. The first-order valence-electron chi connectivity index (χ1n) is 10.0. The molecule has 180 valence electrons. The highest BCUT2D eigenvalue weighted by Crippen LogP contribution is 2.36. The van der Waals surface area contributed by atoms with Gasteiger partial charge >= 0.3 is 27.1 Å². The first-order valence-corrected chi connectivity index (χ1v) is 13.6. The fourth-order valence-corrected chi connectivity index (χ4v) is 3.72. The molecular weight excluding hydrogens is 440 g/mol. The van der Waals surface area contributed by atoms with Gasteiger partial charge in [0.15, 0.2) is 0 Å². The van der Waals surface area contributed by atoms with E-state index in [1.54, 1.807) is 0 Å². The molecule has 0 aromatic rings. The molecule has 8 N–H and O–H groups in total. The molecule has 0 radical (unpaired) electrons. The molecule has 11 nitrogen and oxygen atoms in total. The Morgan fingerprint density at radius 1 is 0.667 bits per heavy atom. The number of rotatable bonds is 17. The van der Waals surface area contributed by atoms with E-state index in [4.69, 9.17) is 35.5 Å². The van der Waals surface area contributed by atoms with Gasteiger partial charge in [-0.05, 0) is 19.3 Å². The van der Waals surface area contributed by atoms with Crippen molar-refractivity contribution in [3.05, 3.63) is 0 Å². The van der Waals surface area contributed by atoms with Crippen LogP contribution in [0.5, 0.6) is 0 Å². The van der Waals surface area contributed by atoms with E-state index in [1.807, 2.05) is 0 Å².